The molecule has 0 saturated carbocycles. The minimum absolute atomic E-state index is 0.0234. The molecule has 0 saturated heterocycles. The van der Waals surface area contributed by atoms with Crippen LogP contribution < -0.4 is 4.90 Å². The maximum atomic E-state index is 12.9. The van der Waals surface area contributed by atoms with Gasteiger partial charge in [-0.3, -0.25) is 14.5 Å². The maximum absolute atomic E-state index is 12.9. The van der Waals surface area contributed by atoms with Gasteiger partial charge >= 0.3 is 0 Å². The summed E-state index contributed by atoms with van der Waals surface area (Å²) in [7, 11) is 0. The lowest BCUT2D eigenvalue weighted by Crippen LogP contribution is -2.26. The Morgan fingerprint density at radius 2 is 1.52 bits per heavy atom. The SMILES string of the molecule is CC(=O)N(c1ccccc1)c1cccc2c1Cc1ccccc1C2=O. The molecular weight excluding hydrogens is 310 g/mol. The number of benzene rings is 3. The summed E-state index contributed by atoms with van der Waals surface area (Å²) >= 11 is 0. The van der Waals surface area contributed by atoms with Gasteiger partial charge in [-0.25, -0.2) is 0 Å². The molecule has 1 aliphatic rings. The van der Waals surface area contributed by atoms with Gasteiger partial charge in [-0.05, 0) is 29.3 Å². The second-order valence-corrected chi connectivity index (χ2v) is 6.16. The van der Waals surface area contributed by atoms with Gasteiger partial charge in [0.05, 0.1) is 5.69 Å². The molecule has 3 nitrogen and oxygen atoms in total. The van der Waals surface area contributed by atoms with Crippen LogP contribution in [0.4, 0.5) is 11.4 Å². The Morgan fingerprint density at radius 3 is 2.28 bits per heavy atom. The molecule has 1 aliphatic carbocycles. The smallest absolute Gasteiger partial charge is 0.228 e. The molecular formula is C22H17NO2. The number of rotatable bonds is 2. The molecule has 0 heterocycles. The van der Waals surface area contributed by atoms with Crippen molar-refractivity contribution in [1.82, 2.24) is 0 Å². The van der Waals surface area contributed by atoms with Crippen molar-refractivity contribution < 1.29 is 9.59 Å². The Labute approximate surface area is 146 Å². The van der Waals surface area contributed by atoms with Crippen molar-refractivity contribution in [3.05, 3.63) is 95.1 Å². The van der Waals surface area contributed by atoms with Crippen LogP contribution in [0.1, 0.15) is 34.0 Å². The van der Waals surface area contributed by atoms with Crippen LogP contribution in [0, 0.1) is 0 Å². The monoisotopic (exact) mass is 327 g/mol. The van der Waals surface area contributed by atoms with Crippen LogP contribution in [0.15, 0.2) is 72.8 Å². The van der Waals surface area contributed by atoms with E-state index in [4.69, 9.17) is 0 Å². The van der Waals surface area contributed by atoms with Crippen LogP contribution in [0.5, 0.6) is 0 Å². The average molecular weight is 327 g/mol. The molecule has 3 aromatic rings. The molecule has 0 aliphatic heterocycles. The second kappa shape index (κ2) is 6.02. The summed E-state index contributed by atoms with van der Waals surface area (Å²) in [5.41, 5.74) is 4.92. The number of nitrogens with zero attached hydrogens (tertiary/aromatic N) is 1. The Kier molecular flexibility index (Phi) is 3.69. The van der Waals surface area contributed by atoms with E-state index in [1.54, 1.807) is 11.8 Å². The van der Waals surface area contributed by atoms with Gasteiger partial charge in [0.25, 0.3) is 0 Å². The molecule has 122 valence electrons. The highest BCUT2D eigenvalue weighted by Gasteiger charge is 2.27. The highest BCUT2D eigenvalue weighted by atomic mass is 16.2. The summed E-state index contributed by atoms with van der Waals surface area (Å²) in [6.45, 7) is 1.55. The standard InChI is InChI=1S/C22H17NO2/c1-15(24)23(17-9-3-2-4-10-17)21-13-7-12-19-20(21)14-16-8-5-6-11-18(16)22(19)25/h2-13H,14H2,1H3. The summed E-state index contributed by atoms with van der Waals surface area (Å²) in [6, 6.07) is 22.8. The molecule has 0 radical (unpaired) electrons. The number of carbonyl (C=O) groups is 2. The van der Waals surface area contributed by atoms with Crippen molar-refractivity contribution in [3.8, 4) is 0 Å². The number of para-hydroxylation sites is 1. The van der Waals surface area contributed by atoms with Crippen molar-refractivity contribution in [1.29, 1.82) is 0 Å². The number of hydrogen-bond acceptors (Lipinski definition) is 2. The fraction of sp³-hybridized carbons (Fsp3) is 0.0909. The number of amides is 1. The van der Waals surface area contributed by atoms with Crippen LogP contribution in [0.25, 0.3) is 0 Å². The summed E-state index contributed by atoms with van der Waals surface area (Å²) < 4.78 is 0. The topological polar surface area (TPSA) is 37.4 Å². The van der Waals surface area contributed by atoms with E-state index in [1.165, 1.54) is 0 Å². The third kappa shape index (κ3) is 2.54. The molecule has 0 unspecified atom stereocenters. The van der Waals surface area contributed by atoms with Gasteiger partial charge < -0.3 is 0 Å². The zero-order valence-electron chi connectivity index (χ0n) is 13.9. The van der Waals surface area contributed by atoms with E-state index >= 15 is 0 Å². The van der Waals surface area contributed by atoms with Crippen LogP contribution in [-0.4, -0.2) is 11.7 Å². The van der Waals surface area contributed by atoms with E-state index in [-0.39, 0.29) is 11.7 Å². The van der Waals surface area contributed by atoms with Gasteiger partial charge in [0.15, 0.2) is 5.78 Å². The summed E-state index contributed by atoms with van der Waals surface area (Å²) in [5.74, 6) is -0.0545. The van der Waals surface area contributed by atoms with Gasteiger partial charge in [0.1, 0.15) is 0 Å². The van der Waals surface area contributed by atoms with Crippen LogP contribution in [-0.2, 0) is 11.2 Å². The van der Waals surface area contributed by atoms with E-state index in [2.05, 4.69) is 0 Å². The molecule has 3 heteroatoms. The van der Waals surface area contributed by atoms with E-state index < -0.39 is 0 Å². The van der Waals surface area contributed by atoms with Gasteiger partial charge in [-0.1, -0.05) is 54.6 Å². The molecule has 1 amide bonds. The van der Waals surface area contributed by atoms with E-state index in [1.807, 2.05) is 72.8 Å². The Morgan fingerprint density at radius 1 is 0.840 bits per heavy atom. The third-order valence-corrected chi connectivity index (χ3v) is 4.60. The van der Waals surface area contributed by atoms with Gasteiger partial charge in [0, 0.05) is 30.2 Å². The zero-order chi connectivity index (χ0) is 17.4. The van der Waals surface area contributed by atoms with Crippen LogP contribution >= 0.6 is 0 Å². The van der Waals surface area contributed by atoms with Crippen LogP contribution in [0.2, 0.25) is 0 Å². The summed E-state index contributed by atoms with van der Waals surface area (Å²) in [4.78, 5) is 27.0. The quantitative estimate of drug-likeness (QED) is 0.543. The number of fused-ring (bicyclic) bond motifs is 2. The first-order valence-electron chi connectivity index (χ1n) is 8.27. The Hall–Kier alpha value is -3.20. The first-order chi connectivity index (χ1) is 12.2. The van der Waals surface area contributed by atoms with Gasteiger partial charge in [0.2, 0.25) is 5.91 Å². The fourth-order valence-corrected chi connectivity index (χ4v) is 3.48. The molecule has 4 rings (SSSR count). The van der Waals surface area contributed by atoms with Gasteiger partial charge in [-0.2, -0.15) is 0 Å². The molecule has 0 bridgehead atoms. The highest BCUT2D eigenvalue weighted by molar-refractivity contribution is 6.14. The van der Waals surface area contributed by atoms with E-state index in [0.717, 1.165) is 28.1 Å². The fourth-order valence-electron chi connectivity index (χ4n) is 3.48. The summed E-state index contributed by atoms with van der Waals surface area (Å²) in [6.07, 6.45) is 0.643. The van der Waals surface area contributed by atoms with Crippen LogP contribution in [0.3, 0.4) is 0 Å². The average Bonchev–Trinajstić information content (AvgIpc) is 2.63. The van der Waals surface area contributed by atoms with Crippen molar-refractivity contribution >= 4 is 23.1 Å². The minimum Gasteiger partial charge on any atom is -0.289 e. The first-order valence-corrected chi connectivity index (χ1v) is 8.27. The molecule has 0 atom stereocenters. The van der Waals surface area contributed by atoms with Crippen molar-refractivity contribution in [2.75, 3.05) is 4.90 Å². The van der Waals surface area contributed by atoms with E-state index in [0.29, 0.717) is 12.0 Å². The largest absolute Gasteiger partial charge is 0.289 e. The minimum atomic E-state index is -0.0779. The number of hydrogen-bond donors (Lipinski definition) is 0. The number of carbonyl (C=O) groups excluding carboxylic acids is 2. The Bertz CT molecular complexity index is 976. The summed E-state index contributed by atoms with van der Waals surface area (Å²) in [5, 5.41) is 0. The van der Waals surface area contributed by atoms with E-state index in [9.17, 15) is 9.59 Å². The van der Waals surface area contributed by atoms with Gasteiger partial charge in [-0.15, -0.1) is 0 Å². The van der Waals surface area contributed by atoms with Crippen molar-refractivity contribution in [3.63, 3.8) is 0 Å². The molecule has 0 spiro atoms. The predicted molar refractivity (Wildman–Crippen MR) is 98.4 cm³/mol. The first kappa shape index (κ1) is 15.3. The second-order valence-electron chi connectivity index (χ2n) is 6.16. The molecule has 0 aromatic heterocycles. The molecule has 0 N–H and O–H groups in total. The zero-order valence-corrected chi connectivity index (χ0v) is 13.9. The molecule has 3 aromatic carbocycles. The lowest BCUT2D eigenvalue weighted by Gasteiger charge is -2.28. The molecule has 25 heavy (non-hydrogen) atoms. The maximum Gasteiger partial charge on any atom is 0.228 e. The number of anilines is 2. The normalized spacial score (nSPS) is 12.3. The lowest BCUT2D eigenvalue weighted by molar-refractivity contribution is -0.115. The molecule has 0 fully saturated rings. The highest BCUT2D eigenvalue weighted by Crippen LogP contribution is 2.36. The lowest BCUT2D eigenvalue weighted by atomic mass is 9.84. The predicted octanol–water partition coefficient (Wildman–Crippen LogP) is 4.51. The Balaban J connectivity index is 1.90. The van der Waals surface area contributed by atoms with Crippen molar-refractivity contribution in [2.45, 2.75) is 13.3 Å². The third-order valence-electron chi connectivity index (χ3n) is 4.60. The van der Waals surface area contributed by atoms with Crippen molar-refractivity contribution in [2.24, 2.45) is 0 Å². The number of ketones is 1.